The Labute approximate surface area is 238 Å². The lowest BCUT2D eigenvalue weighted by atomic mass is 9.91. The molecule has 204 valence electrons. The average Bonchev–Trinajstić information content (AvgIpc) is 3.41. The minimum absolute atomic E-state index is 0.0310. The van der Waals surface area contributed by atoms with Gasteiger partial charge in [-0.15, -0.1) is 11.6 Å². The lowest BCUT2D eigenvalue weighted by molar-refractivity contribution is 0.0989. The van der Waals surface area contributed by atoms with Crippen molar-refractivity contribution >= 4 is 40.7 Å². The van der Waals surface area contributed by atoms with E-state index in [0.29, 0.717) is 33.9 Å². The van der Waals surface area contributed by atoms with Crippen molar-refractivity contribution in [1.29, 1.82) is 0 Å². The van der Waals surface area contributed by atoms with Gasteiger partial charge in [0.25, 0.3) is 5.91 Å². The number of alkyl halides is 1. The van der Waals surface area contributed by atoms with E-state index in [9.17, 15) is 4.79 Å². The van der Waals surface area contributed by atoms with Crippen molar-refractivity contribution < 1.29 is 9.53 Å². The Balaban J connectivity index is 1.77. The summed E-state index contributed by atoms with van der Waals surface area (Å²) in [7, 11) is 5.30. The van der Waals surface area contributed by atoms with Crippen molar-refractivity contribution in [3.05, 3.63) is 70.2 Å². The number of carbonyl (C=O) groups excluding carboxylic acids is 1. The highest BCUT2D eigenvalue weighted by Gasteiger charge is 2.46. The lowest BCUT2D eigenvalue weighted by Crippen LogP contribution is -2.32. The third kappa shape index (κ3) is 4.59. The van der Waals surface area contributed by atoms with Gasteiger partial charge in [-0.1, -0.05) is 42.8 Å². The summed E-state index contributed by atoms with van der Waals surface area (Å²) in [6, 6.07) is 5.14. The molecule has 1 aliphatic carbocycles. The molecule has 3 unspecified atom stereocenters. The van der Waals surface area contributed by atoms with Crippen molar-refractivity contribution in [2.45, 2.75) is 45.2 Å². The zero-order valence-electron chi connectivity index (χ0n) is 23.1. The van der Waals surface area contributed by atoms with Gasteiger partial charge in [-0.05, 0) is 50.0 Å². The van der Waals surface area contributed by atoms with E-state index in [1.54, 1.807) is 18.2 Å². The molecule has 3 atom stereocenters. The van der Waals surface area contributed by atoms with E-state index in [2.05, 4.69) is 41.4 Å². The van der Waals surface area contributed by atoms with Gasteiger partial charge in [0.15, 0.2) is 5.69 Å². The van der Waals surface area contributed by atoms with Gasteiger partial charge < -0.3 is 14.2 Å². The molecule has 3 aromatic rings. The molecule has 10 heteroatoms. The van der Waals surface area contributed by atoms with Crippen LogP contribution in [0.25, 0.3) is 11.4 Å². The highest BCUT2D eigenvalue weighted by molar-refractivity contribution is 6.31. The Morgan fingerprint density at radius 1 is 1.18 bits per heavy atom. The number of hydrogen-bond donors (Lipinski definition) is 0. The van der Waals surface area contributed by atoms with Crippen molar-refractivity contribution in [2.75, 3.05) is 31.0 Å². The van der Waals surface area contributed by atoms with Gasteiger partial charge in [0.05, 0.1) is 23.7 Å². The van der Waals surface area contributed by atoms with Crippen molar-refractivity contribution in [1.82, 2.24) is 19.5 Å². The van der Waals surface area contributed by atoms with Gasteiger partial charge in [0, 0.05) is 37.0 Å². The maximum Gasteiger partial charge on any atom is 0.279 e. The second-order valence-electron chi connectivity index (χ2n) is 10.5. The monoisotopic (exact) mass is 566 g/mol. The smallest absolute Gasteiger partial charge is 0.279 e. The summed E-state index contributed by atoms with van der Waals surface area (Å²) in [6.45, 7) is 8.20. The number of allylic oxidation sites excluding steroid dienone is 2. The third-order valence-corrected chi connectivity index (χ3v) is 7.93. The fraction of sp³-hybridized carbons (Fsp3) is 0.379. The normalized spacial score (nSPS) is 20.5. The fourth-order valence-electron chi connectivity index (χ4n) is 5.22. The molecule has 1 amide bonds. The molecule has 0 saturated heterocycles. The fourth-order valence-corrected chi connectivity index (χ4v) is 5.53. The van der Waals surface area contributed by atoms with Gasteiger partial charge in [0.2, 0.25) is 11.8 Å². The van der Waals surface area contributed by atoms with Crippen molar-refractivity contribution in [3.8, 4) is 17.3 Å². The van der Waals surface area contributed by atoms with Gasteiger partial charge in [0.1, 0.15) is 11.9 Å². The molecule has 3 heterocycles. The number of hydrogen-bond acceptors (Lipinski definition) is 6. The summed E-state index contributed by atoms with van der Waals surface area (Å²) in [4.78, 5) is 31.9. The van der Waals surface area contributed by atoms with Crippen LogP contribution >= 0.6 is 23.2 Å². The molecule has 0 fully saturated rings. The van der Waals surface area contributed by atoms with E-state index in [4.69, 9.17) is 32.9 Å². The number of anilines is 2. The van der Waals surface area contributed by atoms with Crippen LogP contribution in [0.1, 0.15) is 54.6 Å². The lowest BCUT2D eigenvalue weighted by Gasteiger charge is -2.32. The van der Waals surface area contributed by atoms with Gasteiger partial charge in [-0.2, -0.15) is 4.98 Å². The van der Waals surface area contributed by atoms with Crippen LogP contribution in [0, 0.1) is 12.8 Å². The largest absolute Gasteiger partial charge is 0.480 e. The molecule has 0 saturated carbocycles. The van der Waals surface area contributed by atoms with Crippen LogP contribution in [0.3, 0.4) is 0 Å². The van der Waals surface area contributed by atoms with Crippen LogP contribution < -0.4 is 14.5 Å². The standard InChI is InChI=1S/C29H32Cl2N6O2/c1-15(2)36-25-23(33-26(36)20-14-32-29(35(5)6)34-27(20)39-7)28(38)37(22-13-19(30)10-8-16(22)3)24(25)18-9-11-21(31)17(4)12-18/h8-15,17,21,24H,1-7H3. The molecule has 0 spiro atoms. The van der Waals surface area contributed by atoms with Gasteiger partial charge in [-0.25, -0.2) is 9.97 Å². The Bertz CT molecular complexity index is 1510. The number of methoxy groups -OCH3 is 1. The predicted molar refractivity (Wildman–Crippen MR) is 156 cm³/mol. The molecule has 1 aromatic carbocycles. The Morgan fingerprint density at radius 2 is 1.92 bits per heavy atom. The van der Waals surface area contributed by atoms with Crippen LogP contribution in [0.4, 0.5) is 11.6 Å². The summed E-state index contributed by atoms with van der Waals surface area (Å²) >= 11 is 12.9. The summed E-state index contributed by atoms with van der Waals surface area (Å²) in [5.41, 5.74) is 4.47. The summed E-state index contributed by atoms with van der Waals surface area (Å²) < 4.78 is 7.76. The van der Waals surface area contributed by atoms with E-state index < -0.39 is 6.04 Å². The Kier molecular flexibility index (Phi) is 7.20. The highest BCUT2D eigenvalue weighted by Crippen LogP contribution is 2.48. The average molecular weight is 568 g/mol. The van der Waals surface area contributed by atoms with E-state index >= 15 is 0 Å². The molecular weight excluding hydrogens is 535 g/mol. The predicted octanol–water partition coefficient (Wildman–Crippen LogP) is 6.40. The van der Waals surface area contributed by atoms with Crippen LogP contribution in [-0.2, 0) is 0 Å². The first kappa shape index (κ1) is 27.2. The summed E-state index contributed by atoms with van der Waals surface area (Å²) in [5, 5.41) is 0.443. The first-order valence-electron chi connectivity index (χ1n) is 12.9. The summed E-state index contributed by atoms with van der Waals surface area (Å²) in [5.74, 6) is 1.39. The van der Waals surface area contributed by atoms with Crippen molar-refractivity contribution in [3.63, 3.8) is 0 Å². The number of halogens is 2. The van der Waals surface area contributed by atoms with Gasteiger partial charge in [-0.3, -0.25) is 9.69 Å². The first-order chi connectivity index (χ1) is 18.5. The van der Waals surface area contributed by atoms with E-state index in [0.717, 1.165) is 22.5 Å². The molecular formula is C29H32Cl2N6O2. The third-order valence-electron chi connectivity index (χ3n) is 7.15. The second-order valence-corrected chi connectivity index (χ2v) is 11.4. The number of ether oxygens (including phenoxy) is 1. The molecule has 0 bridgehead atoms. The summed E-state index contributed by atoms with van der Waals surface area (Å²) in [6.07, 6.45) is 7.85. The van der Waals surface area contributed by atoms with Crippen LogP contribution in [0.2, 0.25) is 5.02 Å². The number of fused-ring (bicyclic) bond motifs is 1. The SMILES string of the molecule is COc1nc(N(C)C)ncc1-c1nc2c(n1C(C)C)C(C1=CC(C)C(Cl)C=C1)N(c1cc(Cl)ccc1C)C2=O. The number of aromatic nitrogens is 4. The zero-order chi connectivity index (χ0) is 28.2. The van der Waals surface area contributed by atoms with Crippen molar-refractivity contribution in [2.24, 2.45) is 5.92 Å². The molecule has 8 nitrogen and oxygen atoms in total. The first-order valence-corrected chi connectivity index (χ1v) is 13.7. The van der Waals surface area contributed by atoms with E-state index in [-0.39, 0.29) is 23.2 Å². The quantitative estimate of drug-likeness (QED) is 0.321. The number of benzene rings is 1. The molecule has 2 aliphatic rings. The van der Waals surface area contributed by atoms with Gasteiger partial charge >= 0.3 is 0 Å². The topological polar surface area (TPSA) is 76.4 Å². The maximum atomic E-state index is 14.2. The van der Waals surface area contributed by atoms with E-state index in [1.807, 2.05) is 56.3 Å². The molecule has 5 rings (SSSR count). The maximum absolute atomic E-state index is 14.2. The molecule has 39 heavy (non-hydrogen) atoms. The zero-order valence-corrected chi connectivity index (χ0v) is 24.6. The molecule has 2 aromatic heterocycles. The number of carbonyl (C=O) groups is 1. The van der Waals surface area contributed by atoms with Crippen LogP contribution in [0.15, 0.2) is 48.2 Å². The number of nitrogens with zero attached hydrogens (tertiary/aromatic N) is 6. The Morgan fingerprint density at radius 3 is 2.56 bits per heavy atom. The van der Waals surface area contributed by atoms with E-state index in [1.165, 1.54) is 0 Å². The highest BCUT2D eigenvalue weighted by atomic mass is 35.5. The number of rotatable bonds is 6. The number of aryl methyl sites for hydroxylation is 1. The molecule has 1 aliphatic heterocycles. The molecule has 0 radical (unpaired) electrons. The Hall–Kier alpha value is -3.36. The minimum Gasteiger partial charge on any atom is -0.480 e. The number of imidazole rings is 1. The number of amides is 1. The van der Waals surface area contributed by atoms with Crippen LogP contribution in [-0.4, -0.2) is 52.0 Å². The second kappa shape index (κ2) is 10.3. The minimum atomic E-state index is -0.427. The van der Waals surface area contributed by atoms with Crippen LogP contribution in [0.5, 0.6) is 5.88 Å². The molecule has 0 N–H and O–H groups in total.